The summed E-state index contributed by atoms with van der Waals surface area (Å²) < 4.78 is 5.63. The highest BCUT2D eigenvalue weighted by Gasteiger charge is 2.29. The summed E-state index contributed by atoms with van der Waals surface area (Å²) in [7, 11) is 1.74. The van der Waals surface area contributed by atoms with Crippen LogP contribution in [0.15, 0.2) is 18.2 Å². The summed E-state index contributed by atoms with van der Waals surface area (Å²) in [5.74, 6) is 0.523. The molecule has 2 unspecified atom stereocenters. The average Bonchev–Trinajstić information content (AvgIpc) is 2.39. The van der Waals surface area contributed by atoms with Crippen molar-refractivity contribution < 1.29 is 9.84 Å². The number of aliphatic hydroxyl groups is 1. The van der Waals surface area contributed by atoms with Crippen LogP contribution >= 0.6 is 0 Å². The van der Waals surface area contributed by atoms with Gasteiger partial charge in [-0.1, -0.05) is 48.6 Å². The summed E-state index contributed by atoms with van der Waals surface area (Å²) in [5, 5.41) is 10.6. The van der Waals surface area contributed by atoms with E-state index in [1.807, 2.05) is 0 Å². The van der Waals surface area contributed by atoms with Crippen molar-refractivity contribution in [1.82, 2.24) is 0 Å². The lowest BCUT2D eigenvalue weighted by Crippen LogP contribution is -2.37. The number of ether oxygens (including phenoxy) is 1. The van der Waals surface area contributed by atoms with Gasteiger partial charge in [0.25, 0.3) is 0 Å². The standard InChI is InChI=1S/C18H28O2/c1-13-9-14(2)11-15(10-13)12-17(19)18(20-3)16-7-5-4-6-8-16/h9-11,16-19H,4-8,12H2,1-3H3. The van der Waals surface area contributed by atoms with Gasteiger partial charge >= 0.3 is 0 Å². The van der Waals surface area contributed by atoms with Crippen molar-refractivity contribution in [2.75, 3.05) is 7.11 Å². The van der Waals surface area contributed by atoms with Crippen molar-refractivity contribution in [3.05, 3.63) is 34.9 Å². The molecule has 112 valence electrons. The Labute approximate surface area is 123 Å². The van der Waals surface area contributed by atoms with Gasteiger partial charge in [-0.2, -0.15) is 0 Å². The quantitative estimate of drug-likeness (QED) is 0.886. The van der Waals surface area contributed by atoms with Gasteiger partial charge in [-0.05, 0) is 38.2 Å². The summed E-state index contributed by atoms with van der Waals surface area (Å²) in [6.45, 7) is 4.22. The van der Waals surface area contributed by atoms with Crippen LogP contribution < -0.4 is 0 Å². The summed E-state index contributed by atoms with van der Waals surface area (Å²) in [4.78, 5) is 0. The molecule has 0 bridgehead atoms. The Hall–Kier alpha value is -0.860. The fourth-order valence-corrected chi connectivity index (χ4v) is 3.67. The lowest BCUT2D eigenvalue weighted by molar-refractivity contribution is -0.0535. The zero-order valence-corrected chi connectivity index (χ0v) is 13.1. The monoisotopic (exact) mass is 276 g/mol. The minimum Gasteiger partial charge on any atom is -0.390 e. The van der Waals surface area contributed by atoms with Crippen LogP contribution in [0.3, 0.4) is 0 Å². The summed E-state index contributed by atoms with van der Waals surface area (Å²) in [5.41, 5.74) is 3.74. The number of hydrogen-bond acceptors (Lipinski definition) is 2. The van der Waals surface area contributed by atoms with E-state index in [1.54, 1.807) is 7.11 Å². The molecule has 2 rings (SSSR count). The molecular weight excluding hydrogens is 248 g/mol. The van der Waals surface area contributed by atoms with Gasteiger partial charge in [-0.3, -0.25) is 0 Å². The average molecular weight is 276 g/mol. The molecule has 0 amide bonds. The van der Waals surface area contributed by atoms with Crippen LogP contribution in [0, 0.1) is 19.8 Å². The molecule has 1 saturated carbocycles. The number of benzene rings is 1. The summed E-state index contributed by atoms with van der Waals surface area (Å²) >= 11 is 0. The van der Waals surface area contributed by atoms with Crippen LogP contribution in [-0.4, -0.2) is 24.4 Å². The first-order chi connectivity index (χ1) is 9.60. The highest BCUT2D eigenvalue weighted by Crippen LogP contribution is 2.30. The highest BCUT2D eigenvalue weighted by molar-refractivity contribution is 5.29. The molecular formula is C18H28O2. The topological polar surface area (TPSA) is 29.5 Å². The SMILES string of the molecule is COC(C(O)Cc1cc(C)cc(C)c1)C1CCCCC1. The molecule has 0 radical (unpaired) electrons. The minimum absolute atomic E-state index is 0.0175. The second-order valence-corrected chi connectivity index (χ2v) is 6.37. The summed E-state index contributed by atoms with van der Waals surface area (Å²) in [6.07, 6.45) is 6.56. The Bertz CT molecular complexity index is 401. The maximum atomic E-state index is 10.6. The molecule has 2 atom stereocenters. The minimum atomic E-state index is -0.399. The van der Waals surface area contributed by atoms with Crippen molar-refractivity contribution >= 4 is 0 Å². The molecule has 2 heteroatoms. The lowest BCUT2D eigenvalue weighted by atomic mass is 9.82. The van der Waals surface area contributed by atoms with Gasteiger partial charge in [0.05, 0.1) is 12.2 Å². The third-order valence-electron chi connectivity index (χ3n) is 4.49. The van der Waals surface area contributed by atoms with Crippen LogP contribution in [0.25, 0.3) is 0 Å². The molecule has 1 N–H and O–H groups in total. The van der Waals surface area contributed by atoms with E-state index in [4.69, 9.17) is 4.74 Å². The zero-order chi connectivity index (χ0) is 14.5. The van der Waals surface area contributed by atoms with Gasteiger partial charge in [0.1, 0.15) is 0 Å². The molecule has 1 aliphatic carbocycles. The zero-order valence-electron chi connectivity index (χ0n) is 13.1. The van der Waals surface area contributed by atoms with Gasteiger partial charge in [0, 0.05) is 13.5 Å². The van der Waals surface area contributed by atoms with Gasteiger partial charge in [-0.25, -0.2) is 0 Å². The Kier molecular flexibility index (Phi) is 5.62. The maximum Gasteiger partial charge on any atom is 0.0861 e. The van der Waals surface area contributed by atoms with Gasteiger partial charge in [0.2, 0.25) is 0 Å². The molecule has 0 aromatic heterocycles. The first-order valence-corrected chi connectivity index (χ1v) is 7.88. The third-order valence-corrected chi connectivity index (χ3v) is 4.49. The number of methoxy groups -OCH3 is 1. The van der Waals surface area contributed by atoms with Crippen molar-refractivity contribution in [2.45, 2.75) is 64.6 Å². The molecule has 0 spiro atoms. The predicted molar refractivity (Wildman–Crippen MR) is 83.0 cm³/mol. The van der Waals surface area contributed by atoms with E-state index in [2.05, 4.69) is 32.0 Å². The van der Waals surface area contributed by atoms with E-state index in [-0.39, 0.29) is 6.10 Å². The first kappa shape index (κ1) is 15.5. The molecule has 1 aromatic rings. The Balaban J connectivity index is 2.02. The van der Waals surface area contributed by atoms with E-state index in [0.29, 0.717) is 12.3 Å². The van der Waals surface area contributed by atoms with Crippen molar-refractivity contribution in [1.29, 1.82) is 0 Å². The normalized spacial score (nSPS) is 19.8. The maximum absolute atomic E-state index is 10.6. The number of aryl methyl sites for hydroxylation is 2. The van der Waals surface area contributed by atoms with Gasteiger partial charge < -0.3 is 9.84 Å². The smallest absolute Gasteiger partial charge is 0.0861 e. The molecule has 2 nitrogen and oxygen atoms in total. The largest absolute Gasteiger partial charge is 0.390 e. The molecule has 0 heterocycles. The van der Waals surface area contributed by atoms with Crippen molar-refractivity contribution in [2.24, 2.45) is 5.92 Å². The van der Waals surface area contributed by atoms with E-state index < -0.39 is 6.10 Å². The number of hydrogen-bond donors (Lipinski definition) is 1. The van der Waals surface area contributed by atoms with Crippen LogP contribution in [0.1, 0.15) is 48.8 Å². The fourth-order valence-electron chi connectivity index (χ4n) is 3.67. The molecule has 1 aromatic carbocycles. The Morgan fingerprint density at radius 3 is 2.25 bits per heavy atom. The van der Waals surface area contributed by atoms with E-state index in [9.17, 15) is 5.11 Å². The van der Waals surface area contributed by atoms with Crippen molar-refractivity contribution in [3.63, 3.8) is 0 Å². The van der Waals surface area contributed by atoms with Gasteiger partial charge in [-0.15, -0.1) is 0 Å². The summed E-state index contributed by atoms with van der Waals surface area (Å²) in [6, 6.07) is 6.51. The molecule has 0 aliphatic heterocycles. The lowest BCUT2D eigenvalue weighted by Gasteiger charge is -2.32. The molecule has 0 saturated heterocycles. The fraction of sp³-hybridized carbons (Fsp3) is 0.667. The first-order valence-electron chi connectivity index (χ1n) is 7.88. The predicted octanol–water partition coefficient (Wildman–Crippen LogP) is 3.80. The Morgan fingerprint density at radius 2 is 1.70 bits per heavy atom. The van der Waals surface area contributed by atoms with Crippen molar-refractivity contribution in [3.8, 4) is 0 Å². The molecule has 1 fully saturated rings. The molecule has 20 heavy (non-hydrogen) atoms. The van der Waals surface area contributed by atoms with Crippen LogP contribution in [0.4, 0.5) is 0 Å². The van der Waals surface area contributed by atoms with E-state index in [1.165, 1.54) is 48.8 Å². The van der Waals surface area contributed by atoms with E-state index in [0.717, 1.165) is 0 Å². The van der Waals surface area contributed by atoms with Crippen LogP contribution in [0.5, 0.6) is 0 Å². The van der Waals surface area contributed by atoms with Gasteiger partial charge in [0.15, 0.2) is 0 Å². The van der Waals surface area contributed by atoms with Crippen LogP contribution in [-0.2, 0) is 11.2 Å². The second kappa shape index (κ2) is 7.24. The van der Waals surface area contributed by atoms with Crippen LogP contribution in [0.2, 0.25) is 0 Å². The second-order valence-electron chi connectivity index (χ2n) is 6.37. The number of aliphatic hydroxyl groups excluding tert-OH is 1. The third kappa shape index (κ3) is 4.07. The molecule has 1 aliphatic rings. The van der Waals surface area contributed by atoms with E-state index >= 15 is 0 Å². The Morgan fingerprint density at radius 1 is 1.10 bits per heavy atom. The number of rotatable bonds is 5. The highest BCUT2D eigenvalue weighted by atomic mass is 16.5.